The molecule has 0 unspecified atom stereocenters. The number of hydrogen-bond donors (Lipinski definition) is 1. The van der Waals surface area contributed by atoms with Crippen molar-refractivity contribution in [2.75, 3.05) is 0 Å². The van der Waals surface area contributed by atoms with Gasteiger partial charge < -0.3 is 9.67 Å². The van der Waals surface area contributed by atoms with E-state index in [-0.39, 0.29) is 11.3 Å². The van der Waals surface area contributed by atoms with Crippen molar-refractivity contribution in [2.45, 2.75) is 16.7 Å². The summed E-state index contributed by atoms with van der Waals surface area (Å²) in [5, 5.41) is 11.1. The van der Waals surface area contributed by atoms with Gasteiger partial charge in [0, 0.05) is 17.3 Å². The molecule has 1 N–H and O–H groups in total. The molecule has 0 saturated carbocycles. The molecule has 0 atom stereocenters. The summed E-state index contributed by atoms with van der Waals surface area (Å²) < 4.78 is 1.58. The van der Waals surface area contributed by atoms with Gasteiger partial charge in [-0.2, -0.15) is 0 Å². The molecular formula is C17H15NO2S. The molecule has 3 aromatic rings. The van der Waals surface area contributed by atoms with Gasteiger partial charge >= 0.3 is 0 Å². The first-order valence-electron chi connectivity index (χ1n) is 6.63. The zero-order chi connectivity index (χ0) is 15.0. The van der Waals surface area contributed by atoms with Crippen LogP contribution in [-0.4, -0.2) is 9.67 Å². The van der Waals surface area contributed by atoms with Gasteiger partial charge in [0.25, 0.3) is 5.56 Å². The largest absolute Gasteiger partial charge is 0.506 e. The van der Waals surface area contributed by atoms with E-state index >= 15 is 0 Å². The molecule has 0 aliphatic carbocycles. The maximum atomic E-state index is 12.5. The molecule has 0 bridgehead atoms. The summed E-state index contributed by atoms with van der Waals surface area (Å²) >= 11 is 1.30. The van der Waals surface area contributed by atoms with E-state index in [0.717, 1.165) is 16.0 Å². The van der Waals surface area contributed by atoms with Crippen molar-refractivity contribution in [1.82, 2.24) is 4.57 Å². The van der Waals surface area contributed by atoms with Crippen LogP contribution in [0.2, 0.25) is 0 Å². The molecule has 0 fully saturated rings. The molecule has 3 nitrogen and oxygen atoms in total. The van der Waals surface area contributed by atoms with Crippen LogP contribution in [0.1, 0.15) is 5.56 Å². The zero-order valence-corrected chi connectivity index (χ0v) is 12.6. The normalized spacial score (nSPS) is 11.0. The third kappa shape index (κ3) is 2.43. The first kappa shape index (κ1) is 13.8. The summed E-state index contributed by atoms with van der Waals surface area (Å²) in [6.45, 7) is 2.00. The van der Waals surface area contributed by atoms with Gasteiger partial charge in [-0.1, -0.05) is 41.6 Å². The second-order valence-electron chi connectivity index (χ2n) is 4.98. The van der Waals surface area contributed by atoms with Crippen LogP contribution in [0.15, 0.2) is 63.1 Å². The van der Waals surface area contributed by atoms with Gasteiger partial charge in [0.15, 0.2) is 0 Å². The molecule has 2 aromatic carbocycles. The summed E-state index contributed by atoms with van der Waals surface area (Å²) in [5.74, 6) is 0.0557. The lowest BCUT2D eigenvalue weighted by atomic mass is 10.2. The minimum atomic E-state index is -0.183. The second kappa shape index (κ2) is 5.30. The van der Waals surface area contributed by atoms with Gasteiger partial charge in [0.2, 0.25) is 0 Å². The molecule has 1 heterocycles. The highest BCUT2D eigenvalue weighted by molar-refractivity contribution is 7.99. The number of benzene rings is 2. The van der Waals surface area contributed by atoms with Crippen molar-refractivity contribution in [1.29, 1.82) is 0 Å². The Labute approximate surface area is 126 Å². The molecule has 106 valence electrons. The molecule has 0 spiro atoms. The van der Waals surface area contributed by atoms with Gasteiger partial charge in [-0.25, -0.2) is 0 Å². The van der Waals surface area contributed by atoms with E-state index in [1.165, 1.54) is 11.8 Å². The summed E-state index contributed by atoms with van der Waals surface area (Å²) in [4.78, 5) is 13.8. The van der Waals surface area contributed by atoms with Gasteiger partial charge in [-0.3, -0.25) is 4.79 Å². The van der Waals surface area contributed by atoms with E-state index in [2.05, 4.69) is 0 Å². The first-order chi connectivity index (χ1) is 10.1. The van der Waals surface area contributed by atoms with Crippen molar-refractivity contribution in [2.24, 2.45) is 7.05 Å². The Morgan fingerprint density at radius 1 is 1.10 bits per heavy atom. The van der Waals surface area contributed by atoms with E-state index in [1.54, 1.807) is 11.6 Å². The number of nitrogens with zero attached hydrogens (tertiary/aromatic N) is 1. The Balaban J connectivity index is 2.21. The average molecular weight is 297 g/mol. The lowest BCUT2D eigenvalue weighted by Crippen LogP contribution is -2.18. The van der Waals surface area contributed by atoms with E-state index in [4.69, 9.17) is 0 Å². The molecule has 1 aromatic heterocycles. The number of aromatic nitrogens is 1. The Hall–Kier alpha value is -2.20. The maximum Gasteiger partial charge on any atom is 0.268 e. The molecule has 0 aliphatic heterocycles. The van der Waals surface area contributed by atoms with Crippen LogP contribution in [0, 0.1) is 6.92 Å². The number of fused-ring (bicyclic) bond motifs is 1. The number of rotatable bonds is 2. The Morgan fingerprint density at radius 2 is 1.86 bits per heavy atom. The molecule has 0 amide bonds. The first-order valence-corrected chi connectivity index (χ1v) is 7.45. The highest BCUT2D eigenvalue weighted by Gasteiger charge is 2.15. The Kier molecular flexibility index (Phi) is 3.47. The highest BCUT2D eigenvalue weighted by Crippen LogP contribution is 2.36. The maximum absolute atomic E-state index is 12.5. The van der Waals surface area contributed by atoms with Crippen LogP contribution in [0.5, 0.6) is 5.75 Å². The molecular weight excluding hydrogens is 282 g/mol. The third-order valence-electron chi connectivity index (χ3n) is 3.44. The van der Waals surface area contributed by atoms with E-state index in [0.29, 0.717) is 10.3 Å². The smallest absolute Gasteiger partial charge is 0.268 e. The Bertz CT molecular complexity index is 884. The summed E-state index contributed by atoms with van der Waals surface area (Å²) in [6.07, 6.45) is 0. The van der Waals surface area contributed by atoms with Crippen LogP contribution >= 0.6 is 11.8 Å². The van der Waals surface area contributed by atoms with E-state index < -0.39 is 0 Å². The number of para-hydroxylation sites is 1. The quantitative estimate of drug-likeness (QED) is 0.784. The molecule has 0 aliphatic rings. The SMILES string of the molecule is Cc1cccc(Sc2c(O)c3ccccc3n(C)c2=O)c1. The molecule has 0 saturated heterocycles. The van der Waals surface area contributed by atoms with E-state index in [9.17, 15) is 9.90 Å². The van der Waals surface area contributed by atoms with Gasteiger partial charge in [0.05, 0.1) is 5.52 Å². The molecule has 0 radical (unpaired) electrons. The fourth-order valence-electron chi connectivity index (χ4n) is 2.34. The number of aryl methyl sites for hydroxylation is 2. The number of aromatic hydroxyl groups is 1. The van der Waals surface area contributed by atoms with E-state index in [1.807, 2.05) is 55.5 Å². The summed E-state index contributed by atoms with van der Waals surface area (Å²) in [7, 11) is 1.73. The molecule has 4 heteroatoms. The van der Waals surface area contributed by atoms with Crippen LogP contribution in [-0.2, 0) is 7.05 Å². The van der Waals surface area contributed by atoms with Crippen LogP contribution in [0.25, 0.3) is 10.9 Å². The van der Waals surface area contributed by atoms with Crippen LogP contribution in [0.4, 0.5) is 0 Å². The number of hydrogen-bond acceptors (Lipinski definition) is 3. The van der Waals surface area contributed by atoms with Gasteiger partial charge in [-0.05, 0) is 31.2 Å². The third-order valence-corrected chi connectivity index (χ3v) is 4.51. The topological polar surface area (TPSA) is 42.2 Å². The number of pyridine rings is 1. The van der Waals surface area contributed by atoms with Crippen LogP contribution in [0.3, 0.4) is 0 Å². The van der Waals surface area contributed by atoms with Gasteiger partial charge in [0.1, 0.15) is 10.6 Å². The fraction of sp³-hybridized carbons (Fsp3) is 0.118. The predicted molar refractivity (Wildman–Crippen MR) is 86.2 cm³/mol. The van der Waals surface area contributed by atoms with Gasteiger partial charge in [-0.15, -0.1) is 0 Å². The highest BCUT2D eigenvalue weighted by atomic mass is 32.2. The second-order valence-corrected chi connectivity index (χ2v) is 6.06. The van der Waals surface area contributed by atoms with Crippen molar-refractivity contribution in [3.05, 3.63) is 64.4 Å². The molecule has 3 rings (SSSR count). The lowest BCUT2D eigenvalue weighted by Gasteiger charge is -2.11. The minimum Gasteiger partial charge on any atom is -0.506 e. The zero-order valence-electron chi connectivity index (χ0n) is 11.8. The summed E-state index contributed by atoms with van der Waals surface area (Å²) in [6, 6.07) is 15.2. The van der Waals surface area contributed by atoms with Crippen molar-refractivity contribution < 1.29 is 5.11 Å². The lowest BCUT2D eigenvalue weighted by molar-refractivity contribution is 0.465. The molecule has 21 heavy (non-hydrogen) atoms. The van der Waals surface area contributed by atoms with Crippen molar-refractivity contribution in [3.63, 3.8) is 0 Å². The average Bonchev–Trinajstić information content (AvgIpc) is 2.49. The predicted octanol–water partition coefficient (Wildman–Crippen LogP) is 3.70. The Morgan fingerprint density at radius 3 is 2.62 bits per heavy atom. The van der Waals surface area contributed by atoms with Crippen molar-refractivity contribution >= 4 is 22.7 Å². The minimum absolute atomic E-state index is 0.0557. The fourth-order valence-corrected chi connectivity index (χ4v) is 3.40. The monoisotopic (exact) mass is 297 g/mol. The van der Waals surface area contributed by atoms with Crippen LogP contribution < -0.4 is 5.56 Å². The van der Waals surface area contributed by atoms with Crippen molar-refractivity contribution in [3.8, 4) is 5.75 Å². The standard InChI is InChI=1S/C17H15NO2S/c1-11-6-5-7-12(10-11)21-16-15(19)13-8-3-4-9-14(13)18(2)17(16)20/h3-10,19H,1-2H3. The summed E-state index contributed by atoms with van der Waals surface area (Å²) in [5.41, 5.74) is 1.67.